The maximum Gasteiger partial charge on any atom is 0.343 e. The molecule has 0 bridgehead atoms. The van der Waals surface area contributed by atoms with Gasteiger partial charge in [-0.3, -0.25) is 4.79 Å². The first kappa shape index (κ1) is 17.1. The van der Waals surface area contributed by atoms with Gasteiger partial charge in [0.2, 0.25) is 0 Å². The highest BCUT2D eigenvalue weighted by Gasteiger charge is 2.25. The Morgan fingerprint density at radius 3 is 2.74 bits per heavy atom. The Morgan fingerprint density at radius 2 is 2.09 bits per heavy atom. The molecule has 1 saturated heterocycles. The van der Waals surface area contributed by atoms with Crippen molar-refractivity contribution in [1.82, 2.24) is 4.90 Å². The van der Waals surface area contributed by atoms with Crippen LogP contribution in [0.4, 0.5) is 0 Å². The van der Waals surface area contributed by atoms with E-state index < -0.39 is 5.97 Å². The van der Waals surface area contributed by atoms with Crippen LogP contribution in [0.5, 0.6) is 11.5 Å². The van der Waals surface area contributed by atoms with E-state index in [2.05, 4.69) is 4.74 Å². The zero-order chi connectivity index (χ0) is 16.8. The molecule has 126 valence electrons. The number of esters is 1. The highest BCUT2D eigenvalue weighted by atomic mass is 16.6. The molecule has 2 rings (SSSR count). The molecule has 23 heavy (non-hydrogen) atoms. The molecule has 0 saturated carbocycles. The Kier molecular flexibility index (Phi) is 5.81. The number of ether oxygens (including phenoxy) is 4. The van der Waals surface area contributed by atoms with Gasteiger partial charge in [-0.2, -0.15) is 0 Å². The number of carbonyl (C=O) groups excluding carboxylic acids is 2. The van der Waals surface area contributed by atoms with Crippen LogP contribution >= 0.6 is 0 Å². The van der Waals surface area contributed by atoms with Crippen LogP contribution in [0.25, 0.3) is 0 Å². The highest BCUT2D eigenvalue weighted by molar-refractivity contribution is 5.95. The molecule has 0 aliphatic carbocycles. The lowest BCUT2D eigenvalue weighted by Gasteiger charge is -2.33. The molecule has 0 N–H and O–H groups in total. The number of nitrogens with zero attached hydrogens (tertiary/aromatic N) is 1. The van der Waals surface area contributed by atoms with E-state index in [0.717, 1.165) is 0 Å². The first-order valence-corrected chi connectivity index (χ1v) is 7.33. The minimum Gasteiger partial charge on any atom is -0.493 e. The summed E-state index contributed by atoms with van der Waals surface area (Å²) in [5.74, 6) is 0.193. The van der Waals surface area contributed by atoms with Crippen LogP contribution in [-0.2, 0) is 14.3 Å². The molecular formula is C16H21NO6. The van der Waals surface area contributed by atoms with E-state index in [0.29, 0.717) is 36.8 Å². The molecule has 0 aromatic heterocycles. The number of benzene rings is 1. The molecule has 1 aromatic carbocycles. The number of morpholine rings is 1. The van der Waals surface area contributed by atoms with Gasteiger partial charge in [0, 0.05) is 12.1 Å². The second-order valence-electron chi connectivity index (χ2n) is 5.15. The molecule has 1 aliphatic rings. The summed E-state index contributed by atoms with van der Waals surface area (Å²) in [6.45, 7) is 3.35. The van der Waals surface area contributed by atoms with Crippen molar-refractivity contribution in [3.05, 3.63) is 23.8 Å². The third-order valence-corrected chi connectivity index (χ3v) is 3.61. The van der Waals surface area contributed by atoms with Crippen LogP contribution in [0, 0.1) is 0 Å². The van der Waals surface area contributed by atoms with Crippen molar-refractivity contribution in [3.63, 3.8) is 0 Å². The summed E-state index contributed by atoms with van der Waals surface area (Å²) in [4.78, 5) is 25.5. The summed E-state index contributed by atoms with van der Waals surface area (Å²) in [5, 5.41) is 0. The van der Waals surface area contributed by atoms with Gasteiger partial charge in [-0.25, -0.2) is 4.79 Å². The Hall–Kier alpha value is -2.28. The molecule has 1 aromatic rings. The molecule has 1 atom stereocenters. The van der Waals surface area contributed by atoms with E-state index in [-0.39, 0.29) is 18.6 Å². The fourth-order valence-electron chi connectivity index (χ4n) is 2.31. The van der Waals surface area contributed by atoms with Gasteiger partial charge in [-0.1, -0.05) is 0 Å². The summed E-state index contributed by atoms with van der Waals surface area (Å²) in [6, 6.07) is 4.90. The zero-order valence-electron chi connectivity index (χ0n) is 13.5. The summed E-state index contributed by atoms with van der Waals surface area (Å²) in [7, 11) is 2.76. The molecule has 0 radical (unpaired) electrons. The Balaban J connectivity index is 2.14. The predicted molar refractivity (Wildman–Crippen MR) is 81.8 cm³/mol. The van der Waals surface area contributed by atoms with E-state index in [4.69, 9.17) is 14.2 Å². The molecule has 7 nitrogen and oxygen atoms in total. The van der Waals surface area contributed by atoms with Crippen molar-refractivity contribution in [2.24, 2.45) is 0 Å². The molecule has 0 unspecified atom stereocenters. The lowest BCUT2D eigenvalue weighted by atomic mass is 10.1. The maximum absolute atomic E-state index is 12.6. The smallest absolute Gasteiger partial charge is 0.343 e. The van der Waals surface area contributed by atoms with Crippen LogP contribution in [0.3, 0.4) is 0 Å². The van der Waals surface area contributed by atoms with Gasteiger partial charge in [0.25, 0.3) is 5.91 Å². The summed E-state index contributed by atoms with van der Waals surface area (Å²) >= 11 is 0. The number of carbonyl (C=O) groups is 2. The van der Waals surface area contributed by atoms with Gasteiger partial charge < -0.3 is 23.8 Å². The van der Waals surface area contributed by atoms with E-state index in [1.807, 2.05) is 6.92 Å². The van der Waals surface area contributed by atoms with Gasteiger partial charge in [0.15, 0.2) is 18.1 Å². The third-order valence-electron chi connectivity index (χ3n) is 3.61. The van der Waals surface area contributed by atoms with Crippen molar-refractivity contribution in [3.8, 4) is 11.5 Å². The van der Waals surface area contributed by atoms with E-state index in [1.54, 1.807) is 23.1 Å². The van der Waals surface area contributed by atoms with Crippen molar-refractivity contribution < 1.29 is 28.5 Å². The Labute approximate surface area is 135 Å². The van der Waals surface area contributed by atoms with Crippen molar-refractivity contribution in [1.29, 1.82) is 0 Å². The molecule has 7 heteroatoms. The average Bonchev–Trinajstić information content (AvgIpc) is 2.59. The normalized spacial score (nSPS) is 17.5. The molecule has 1 amide bonds. The Bertz CT molecular complexity index is 574. The standard InChI is InChI=1S/C16H21NO6/c1-11-9-22-7-6-17(11)16(19)12-4-5-13(14(8-12)20-2)23-10-15(18)21-3/h4-5,8,11H,6-7,9-10H2,1-3H3/t11-/m0/s1. The fourth-order valence-corrected chi connectivity index (χ4v) is 2.31. The summed E-state index contributed by atoms with van der Waals surface area (Å²) in [5.41, 5.74) is 0.501. The summed E-state index contributed by atoms with van der Waals surface area (Å²) in [6.07, 6.45) is 0. The monoisotopic (exact) mass is 323 g/mol. The minimum absolute atomic E-state index is 0.0255. The highest BCUT2D eigenvalue weighted by Crippen LogP contribution is 2.29. The van der Waals surface area contributed by atoms with Gasteiger partial charge >= 0.3 is 5.97 Å². The lowest BCUT2D eigenvalue weighted by molar-refractivity contribution is -0.142. The number of amides is 1. The number of methoxy groups -OCH3 is 2. The molecular weight excluding hydrogens is 302 g/mol. The van der Waals surface area contributed by atoms with Crippen molar-refractivity contribution >= 4 is 11.9 Å². The van der Waals surface area contributed by atoms with Crippen LogP contribution in [0.15, 0.2) is 18.2 Å². The van der Waals surface area contributed by atoms with Gasteiger partial charge in [0.05, 0.1) is 33.5 Å². The quantitative estimate of drug-likeness (QED) is 0.756. The van der Waals surface area contributed by atoms with Crippen LogP contribution in [0.2, 0.25) is 0 Å². The van der Waals surface area contributed by atoms with Crippen LogP contribution in [-0.4, -0.2) is 63.4 Å². The average molecular weight is 323 g/mol. The molecule has 1 aliphatic heterocycles. The van der Waals surface area contributed by atoms with E-state index in [1.165, 1.54) is 14.2 Å². The van der Waals surface area contributed by atoms with Crippen LogP contribution in [0.1, 0.15) is 17.3 Å². The second kappa shape index (κ2) is 7.82. The van der Waals surface area contributed by atoms with Crippen LogP contribution < -0.4 is 9.47 Å². The number of rotatable bonds is 5. The maximum atomic E-state index is 12.6. The van der Waals surface area contributed by atoms with Gasteiger partial charge in [-0.15, -0.1) is 0 Å². The second-order valence-corrected chi connectivity index (χ2v) is 5.15. The van der Waals surface area contributed by atoms with Gasteiger partial charge in [0.1, 0.15) is 0 Å². The molecule has 1 fully saturated rings. The largest absolute Gasteiger partial charge is 0.493 e. The SMILES string of the molecule is COC(=O)COc1ccc(C(=O)N2CCOC[C@@H]2C)cc1OC. The number of hydrogen-bond donors (Lipinski definition) is 0. The van der Waals surface area contributed by atoms with E-state index in [9.17, 15) is 9.59 Å². The zero-order valence-corrected chi connectivity index (χ0v) is 13.5. The van der Waals surface area contributed by atoms with Crippen molar-refractivity contribution in [2.45, 2.75) is 13.0 Å². The minimum atomic E-state index is -0.491. The van der Waals surface area contributed by atoms with Gasteiger partial charge in [-0.05, 0) is 25.1 Å². The Morgan fingerprint density at radius 1 is 1.30 bits per heavy atom. The number of hydrogen-bond acceptors (Lipinski definition) is 6. The predicted octanol–water partition coefficient (Wildman–Crippen LogP) is 1.11. The fraction of sp³-hybridized carbons (Fsp3) is 0.500. The first-order chi connectivity index (χ1) is 11.1. The first-order valence-electron chi connectivity index (χ1n) is 7.33. The summed E-state index contributed by atoms with van der Waals surface area (Å²) < 4.78 is 20.4. The molecule has 0 spiro atoms. The van der Waals surface area contributed by atoms with Crippen molar-refractivity contribution in [2.75, 3.05) is 40.6 Å². The topological polar surface area (TPSA) is 74.3 Å². The van der Waals surface area contributed by atoms with E-state index >= 15 is 0 Å². The lowest BCUT2D eigenvalue weighted by Crippen LogP contribution is -2.47. The third kappa shape index (κ3) is 4.13. The molecule has 1 heterocycles.